The highest BCUT2D eigenvalue weighted by molar-refractivity contribution is 5.37. The molecule has 2 aromatic heterocycles. The van der Waals surface area contributed by atoms with Gasteiger partial charge in [-0.3, -0.25) is 9.55 Å². The van der Waals surface area contributed by atoms with Gasteiger partial charge in [0.05, 0.1) is 11.9 Å². The number of rotatable bonds is 1. The molecule has 13 heavy (non-hydrogen) atoms. The highest BCUT2D eigenvalue weighted by Gasteiger charge is 2.06. The average Bonchev–Trinajstić information content (AvgIpc) is 2.48. The van der Waals surface area contributed by atoms with Crippen LogP contribution in [0, 0.1) is 6.92 Å². The van der Waals surface area contributed by atoms with Gasteiger partial charge in [0.25, 0.3) is 0 Å². The van der Waals surface area contributed by atoms with Gasteiger partial charge in [0.2, 0.25) is 5.95 Å². The monoisotopic (exact) mass is 175 g/mol. The van der Waals surface area contributed by atoms with E-state index in [1.54, 1.807) is 17.0 Å². The van der Waals surface area contributed by atoms with Crippen LogP contribution in [0.5, 0.6) is 0 Å². The molecule has 0 radical (unpaired) electrons. The minimum absolute atomic E-state index is 0.380. The maximum absolute atomic E-state index is 5.63. The van der Waals surface area contributed by atoms with E-state index >= 15 is 0 Å². The van der Waals surface area contributed by atoms with Crippen molar-refractivity contribution >= 4 is 5.95 Å². The highest BCUT2D eigenvalue weighted by Crippen LogP contribution is 2.11. The van der Waals surface area contributed by atoms with Gasteiger partial charge < -0.3 is 5.73 Å². The average molecular weight is 175 g/mol. The normalized spacial score (nSPS) is 10.2. The van der Waals surface area contributed by atoms with Crippen molar-refractivity contribution in [1.82, 2.24) is 19.7 Å². The van der Waals surface area contributed by atoms with Crippen molar-refractivity contribution in [3.8, 4) is 5.69 Å². The first-order chi connectivity index (χ1) is 6.29. The number of aromatic nitrogens is 4. The maximum Gasteiger partial charge on any atom is 0.226 e. The van der Waals surface area contributed by atoms with Crippen LogP contribution >= 0.6 is 0 Å². The lowest BCUT2D eigenvalue weighted by molar-refractivity contribution is 0.965. The van der Waals surface area contributed by atoms with Crippen LogP contribution in [0.1, 0.15) is 5.82 Å². The third kappa shape index (κ3) is 1.24. The van der Waals surface area contributed by atoms with Crippen molar-refractivity contribution in [1.29, 1.82) is 0 Å². The number of hydrogen-bond acceptors (Lipinski definition) is 4. The lowest BCUT2D eigenvalue weighted by atomic mass is 10.4. The van der Waals surface area contributed by atoms with E-state index < -0.39 is 0 Å². The quantitative estimate of drug-likeness (QED) is 0.687. The van der Waals surface area contributed by atoms with Gasteiger partial charge in [-0.1, -0.05) is 0 Å². The molecule has 0 aliphatic carbocycles. The molecule has 2 aromatic rings. The Balaban J connectivity index is 2.59. The predicted octanol–water partition coefficient (Wildman–Crippen LogP) is 0.553. The maximum atomic E-state index is 5.63. The topological polar surface area (TPSA) is 69.6 Å². The Kier molecular flexibility index (Phi) is 1.70. The van der Waals surface area contributed by atoms with E-state index in [4.69, 9.17) is 5.73 Å². The van der Waals surface area contributed by atoms with E-state index in [1.807, 2.05) is 19.1 Å². The van der Waals surface area contributed by atoms with Crippen LogP contribution in [-0.4, -0.2) is 19.7 Å². The van der Waals surface area contributed by atoms with Gasteiger partial charge in [-0.15, -0.1) is 10.2 Å². The van der Waals surface area contributed by atoms with Gasteiger partial charge in [-0.2, -0.15) is 0 Å². The minimum atomic E-state index is 0.380. The molecule has 0 fully saturated rings. The van der Waals surface area contributed by atoms with Crippen LogP contribution < -0.4 is 5.73 Å². The summed E-state index contributed by atoms with van der Waals surface area (Å²) < 4.78 is 1.74. The number of hydrogen-bond donors (Lipinski definition) is 1. The summed E-state index contributed by atoms with van der Waals surface area (Å²) >= 11 is 0. The second kappa shape index (κ2) is 2.85. The van der Waals surface area contributed by atoms with E-state index in [-0.39, 0.29) is 0 Å². The summed E-state index contributed by atoms with van der Waals surface area (Å²) in [6, 6.07) is 3.74. The van der Waals surface area contributed by atoms with Gasteiger partial charge in [-0.05, 0) is 19.1 Å². The summed E-state index contributed by atoms with van der Waals surface area (Å²) in [6.45, 7) is 1.84. The van der Waals surface area contributed by atoms with E-state index in [1.165, 1.54) is 0 Å². The fraction of sp³-hybridized carbons (Fsp3) is 0.125. The van der Waals surface area contributed by atoms with E-state index in [9.17, 15) is 0 Å². The fourth-order valence-corrected chi connectivity index (χ4v) is 1.18. The van der Waals surface area contributed by atoms with Crippen LogP contribution in [0.15, 0.2) is 24.5 Å². The minimum Gasteiger partial charge on any atom is -0.368 e. The zero-order valence-corrected chi connectivity index (χ0v) is 7.18. The van der Waals surface area contributed by atoms with Crippen molar-refractivity contribution in [2.45, 2.75) is 6.92 Å². The number of pyridine rings is 1. The summed E-state index contributed by atoms with van der Waals surface area (Å²) in [5, 5.41) is 7.61. The Morgan fingerprint density at radius 2 is 2.23 bits per heavy atom. The molecule has 0 atom stereocenters. The lowest BCUT2D eigenvalue weighted by Crippen LogP contribution is -2.02. The smallest absolute Gasteiger partial charge is 0.226 e. The van der Waals surface area contributed by atoms with Gasteiger partial charge in [-0.25, -0.2) is 0 Å². The molecule has 2 heterocycles. The third-order valence-electron chi connectivity index (χ3n) is 1.75. The second-order valence-corrected chi connectivity index (χ2v) is 2.65. The van der Waals surface area contributed by atoms with E-state index in [0.717, 1.165) is 11.5 Å². The molecule has 0 bridgehead atoms. The van der Waals surface area contributed by atoms with Gasteiger partial charge in [0.1, 0.15) is 5.82 Å². The molecule has 0 aliphatic rings. The number of nitrogen functional groups attached to an aromatic ring is 1. The third-order valence-corrected chi connectivity index (χ3v) is 1.75. The number of aryl methyl sites for hydroxylation is 1. The summed E-state index contributed by atoms with van der Waals surface area (Å²) in [4.78, 5) is 3.99. The zero-order valence-electron chi connectivity index (χ0n) is 7.18. The van der Waals surface area contributed by atoms with E-state index in [2.05, 4.69) is 15.2 Å². The molecular formula is C8H9N5. The molecule has 5 nitrogen and oxygen atoms in total. The van der Waals surface area contributed by atoms with Crippen LogP contribution in [0.3, 0.4) is 0 Å². The summed E-state index contributed by atoms with van der Waals surface area (Å²) in [6.07, 6.45) is 3.42. The fourth-order valence-electron chi connectivity index (χ4n) is 1.18. The number of anilines is 1. The Labute approximate surface area is 75.2 Å². The first-order valence-electron chi connectivity index (χ1n) is 3.87. The van der Waals surface area contributed by atoms with Crippen LogP contribution in [0.4, 0.5) is 5.95 Å². The van der Waals surface area contributed by atoms with Crippen LogP contribution in [-0.2, 0) is 0 Å². The molecule has 0 saturated carbocycles. The van der Waals surface area contributed by atoms with Crippen molar-refractivity contribution < 1.29 is 0 Å². The Morgan fingerprint density at radius 3 is 2.77 bits per heavy atom. The molecule has 0 aromatic carbocycles. The molecule has 0 unspecified atom stereocenters. The summed E-state index contributed by atoms with van der Waals surface area (Å²) in [7, 11) is 0. The Morgan fingerprint density at radius 1 is 1.38 bits per heavy atom. The van der Waals surface area contributed by atoms with Crippen LogP contribution in [0.2, 0.25) is 0 Å². The molecule has 5 heteroatoms. The molecular weight excluding hydrogens is 166 g/mol. The zero-order chi connectivity index (χ0) is 9.26. The summed E-state index contributed by atoms with van der Waals surface area (Å²) in [5.41, 5.74) is 6.51. The Bertz CT molecular complexity index is 386. The van der Waals surface area contributed by atoms with E-state index in [0.29, 0.717) is 5.95 Å². The standard InChI is InChI=1S/C8H9N5/c1-6-11-12-8(9)13(6)7-3-2-4-10-5-7/h2-5H,1H3,(H2,9,12). The van der Waals surface area contributed by atoms with Crippen molar-refractivity contribution in [2.24, 2.45) is 0 Å². The van der Waals surface area contributed by atoms with Crippen molar-refractivity contribution in [3.63, 3.8) is 0 Å². The lowest BCUT2D eigenvalue weighted by Gasteiger charge is -2.03. The van der Waals surface area contributed by atoms with Crippen molar-refractivity contribution in [3.05, 3.63) is 30.4 Å². The number of nitrogens with zero attached hydrogens (tertiary/aromatic N) is 4. The highest BCUT2D eigenvalue weighted by atomic mass is 15.3. The predicted molar refractivity (Wildman–Crippen MR) is 48.3 cm³/mol. The molecule has 66 valence electrons. The molecule has 0 amide bonds. The summed E-state index contributed by atoms with van der Waals surface area (Å²) in [5.74, 6) is 1.14. The van der Waals surface area contributed by atoms with Gasteiger partial charge >= 0.3 is 0 Å². The molecule has 2 N–H and O–H groups in total. The molecule has 0 saturated heterocycles. The first-order valence-corrected chi connectivity index (χ1v) is 3.87. The van der Waals surface area contributed by atoms with Gasteiger partial charge in [0.15, 0.2) is 0 Å². The van der Waals surface area contributed by atoms with Crippen LogP contribution in [0.25, 0.3) is 5.69 Å². The van der Waals surface area contributed by atoms with Gasteiger partial charge in [0, 0.05) is 6.20 Å². The van der Waals surface area contributed by atoms with Crippen molar-refractivity contribution in [2.75, 3.05) is 5.73 Å². The molecule has 0 aliphatic heterocycles. The second-order valence-electron chi connectivity index (χ2n) is 2.65. The number of nitrogens with two attached hydrogens (primary N) is 1. The molecule has 2 rings (SSSR count). The largest absolute Gasteiger partial charge is 0.368 e. The molecule has 0 spiro atoms. The Hall–Kier alpha value is -1.91. The SMILES string of the molecule is Cc1nnc(N)n1-c1cccnc1. The first kappa shape index (κ1) is 7.72.